The van der Waals surface area contributed by atoms with E-state index >= 15 is 0 Å². The molecule has 1 fully saturated rings. The van der Waals surface area contributed by atoms with E-state index in [1.165, 1.54) is 42.5 Å². The highest BCUT2D eigenvalue weighted by molar-refractivity contribution is 6.46. The number of phenolic OH excluding ortho intramolecular Hbond substituents is 1. The van der Waals surface area contributed by atoms with Gasteiger partial charge >= 0.3 is 0 Å². The van der Waals surface area contributed by atoms with E-state index in [0.29, 0.717) is 11.3 Å². The number of methoxy groups -OCH3 is 1. The van der Waals surface area contributed by atoms with Crippen LogP contribution in [0.25, 0.3) is 5.76 Å². The van der Waals surface area contributed by atoms with E-state index in [-0.39, 0.29) is 34.2 Å². The van der Waals surface area contributed by atoms with Crippen molar-refractivity contribution in [3.8, 4) is 11.5 Å². The summed E-state index contributed by atoms with van der Waals surface area (Å²) < 4.78 is 24.5. The van der Waals surface area contributed by atoms with Crippen molar-refractivity contribution >= 4 is 29.1 Å². The zero-order valence-electron chi connectivity index (χ0n) is 16.7. The first-order valence-electron chi connectivity index (χ1n) is 9.45. The second kappa shape index (κ2) is 8.39. The van der Waals surface area contributed by atoms with Gasteiger partial charge in [0.25, 0.3) is 11.7 Å². The second-order valence-electron chi connectivity index (χ2n) is 7.06. The number of carbonyl (C=O) groups excluding carboxylic acids is 2. The first-order valence-corrected chi connectivity index (χ1v) is 9.82. The molecular weight excluding hydrogens is 441 g/mol. The number of nitrogens with zero attached hydrogens (tertiary/aromatic N) is 1. The summed E-state index contributed by atoms with van der Waals surface area (Å²) in [4.78, 5) is 27.2. The van der Waals surface area contributed by atoms with Crippen LogP contribution < -0.4 is 4.74 Å². The van der Waals surface area contributed by atoms with Crippen LogP contribution in [0.4, 0.5) is 4.39 Å². The minimum atomic E-state index is -1.08. The molecule has 164 valence electrons. The molecular formula is C23H17ClFNO6. The average molecular weight is 458 g/mol. The molecule has 2 N–H and O–H groups in total. The van der Waals surface area contributed by atoms with Gasteiger partial charge in [0.15, 0.2) is 0 Å². The number of aromatic hydroxyl groups is 1. The number of hydrogen-bond donors (Lipinski definition) is 2. The van der Waals surface area contributed by atoms with Crippen molar-refractivity contribution in [3.05, 3.63) is 88.1 Å². The summed E-state index contributed by atoms with van der Waals surface area (Å²) in [7, 11) is 1.33. The molecule has 2 aromatic carbocycles. The van der Waals surface area contributed by atoms with Crippen molar-refractivity contribution in [1.82, 2.24) is 4.90 Å². The Balaban J connectivity index is 1.93. The molecule has 1 aromatic heterocycles. The topological polar surface area (TPSA) is 100 Å². The number of aliphatic hydroxyl groups is 1. The Morgan fingerprint density at radius 2 is 2.00 bits per heavy atom. The summed E-state index contributed by atoms with van der Waals surface area (Å²) in [6.07, 6.45) is 1.43. The Hall–Kier alpha value is -3.78. The van der Waals surface area contributed by atoms with Gasteiger partial charge in [-0.15, -0.1) is 0 Å². The molecule has 1 unspecified atom stereocenters. The number of Topliss-reactive ketones (excluding diaryl/α,β-unsaturated/α-hetero) is 1. The normalized spacial score (nSPS) is 17.7. The van der Waals surface area contributed by atoms with Crippen molar-refractivity contribution in [2.45, 2.75) is 12.6 Å². The summed E-state index contributed by atoms with van der Waals surface area (Å²) in [6.45, 7) is -0.0716. The number of benzene rings is 2. The molecule has 0 aliphatic carbocycles. The molecule has 1 saturated heterocycles. The number of furan rings is 1. The van der Waals surface area contributed by atoms with Gasteiger partial charge in [-0.1, -0.05) is 17.7 Å². The third-order valence-electron chi connectivity index (χ3n) is 5.15. The highest BCUT2D eigenvalue weighted by atomic mass is 35.5. The van der Waals surface area contributed by atoms with E-state index in [1.807, 2.05) is 0 Å². The van der Waals surface area contributed by atoms with Crippen LogP contribution >= 0.6 is 11.6 Å². The van der Waals surface area contributed by atoms with E-state index in [9.17, 15) is 24.2 Å². The van der Waals surface area contributed by atoms with Gasteiger partial charge in [-0.2, -0.15) is 0 Å². The van der Waals surface area contributed by atoms with E-state index in [0.717, 1.165) is 12.1 Å². The number of aliphatic hydroxyl groups excluding tert-OH is 1. The molecule has 1 aliphatic rings. The lowest BCUT2D eigenvalue weighted by Crippen LogP contribution is -2.29. The minimum absolute atomic E-state index is 0.00516. The molecule has 0 spiro atoms. The smallest absolute Gasteiger partial charge is 0.296 e. The monoisotopic (exact) mass is 457 g/mol. The third-order valence-corrected chi connectivity index (χ3v) is 5.45. The summed E-state index contributed by atoms with van der Waals surface area (Å²) in [5, 5.41) is 20.9. The number of ether oxygens (including phenoxy) is 1. The average Bonchev–Trinajstić information content (AvgIpc) is 3.37. The number of rotatable bonds is 5. The maximum Gasteiger partial charge on any atom is 0.296 e. The number of phenols is 1. The standard InChI is InChI=1S/C23H17ClFNO6/c1-31-18-7-5-13(25)10-15(18)21(28)19-20(12-4-6-17(27)16(24)9-12)26(23(30)22(19)29)11-14-3-2-8-32-14/h2-10,20,27-28H,11H2,1H3/b21-19+. The Morgan fingerprint density at radius 1 is 1.22 bits per heavy atom. The van der Waals surface area contributed by atoms with E-state index in [1.54, 1.807) is 12.1 Å². The first kappa shape index (κ1) is 21.5. The highest BCUT2D eigenvalue weighted by Gasteiger charge is 2.46. The van der Waals surface area contributed by atoms with Crippen LogP contribution in [0.2, 0.25) is 5.02 Å². The fourth-order valence-electron chi connectivity index (χ4n) is 3.66. The lowest BCUT2D eigenvalue weighted by atomic mass is 9.95. The largest absolute Gasteiger partial charge is 0.507 e. The molecule has 0 saturated carbocycles. The lowest BCUT2D eigenvalue weighted by Gasteiger charge is -2.25. The van der Waals surface area contributed by atoms with Crippen LogP contribution in [0.1, 0.15) is 22.9 Å². The molecule has 2 heterocycles. The van der Waals surface area contributed by atoms with Gasteiger partial charge in [-0.05, 0) is 48.0 Å². The molecule has 3 aromatic rings. The van der Waals surface area contributed by atoms with Crippen LogP contribution in [-0.4, -0.2) is 33.9 Å². The first-order chi connectivity index (χ1) is 15.3. The van der Waals surface area contributed by atoms with Gasteiger partial charge in [0.05, 0.1) is 42.1 Å². The highest BCUT2D eigenvalue weighted by Crippen LogP contribution is 2.43. The van der Waals surface area contributed by atoms with Crippen molar-refractivity contribution < 1.29 is 33.3 Å². The lowest BCUT2D eigenvalue weighted by molar-refractivity contribution is -0.140. The number of amides is 1. The third kappa shape index (κ3) is 3.69. The SMILES string of the molecule is COc1ccc(F)cc1/C(O)=C1\C(=O)C(=O)N(Cc2ccco2)C1c1ccc(O)c(Cl)c1. The van der Waals surface area contributed by atoms with Crippen molar-refractivity contribution in [1.29, 1.82) is 0 Å². The molecule has 9 heteroatoms. The van der Waals surface area contributed by atoms with E-state index in [2.05, 4.69) is 0 Å². The van der Waals surface area contributed by atoms with Crippen LogP contribution in [0.3, 0.4) is 0 Å². The number of halogens is 2. The maximum absolute atomic E-state index is 13.9. The van der Waals surface area contributed by atoms with Crippen LogP contribution in [0, 0.1) is 5.82 Å². The predicted octanol–water partition coefficient (Wildman–Crippen LogP) is 4.41. The Bertz CT molecular complexity index is 1240. The summed E-state index contributed by atoms with van der Waals surface area (Å²) in [5.41, 5.74) is 0.000984. The summed E-state index contributed by atoms with van der Waals surface area (Å²) in [6, 6.07) is 9.82. The molecule has 0 radical (unpaired) electrons. The fraction of sp³-hybridized carbons (Fsp3) is 0.130. The zero-order chi connectivity index (χ0) is 23.0. The number of likely N-dealkylation sites (tertiary alicyclic amines) is 1. The quantitative estimate of drug-likeness (QED) is 0.334. The van der Waals surface area contributed by atoms with Crippen LogP contribution in [0.5, 0.6) is 11.5 Å². The van der Waals surface area contributed by atoms with Gasteiger partial charge in [-0.25, -0.2) is 4.39 Å². The molecule has 4 rings (SSSR count). The molecule has 0 bridgehead atoms. The fourth-order valence-corrected chi connectivity index (χ4v) is 3.85. The van der Waals surface area contributed by atoms with Gasteiger partial charge in [0.1, 0.15) is 28.8 Å². The second-order valence-corrected chi connectivity index (χ2v) is 7.47. The zero-order valence-corrected chi connectivity index (χ0v) is 17.5. The summed E-state index contributed by atoms with van der Waals surface area (Å²) in [5.74, 6) is -2.78. The molecule has 32 heavy (non-hydrogen) atoms. The maximum atomic E-state index is 13.9. The summed E-state index contributed by atoms with van der Waals surface area (Å²) >= 11 is 6.06. The molecule has 1 aliphatic heterocycles. The minimum Gasteiger partial charge on any atom is -0.507 e. The van der Waals surface area contributed by atoms with Crippen LogP contribution in [-0.2, 0) is 16.1 Å². The van der Waals surface area contributed by atoms with Gasteiger partial charge in [0, 0.05) is 0 Å². The van der Waals surface area contributed by atoms with Gasteiger partial charge in [0.2, 0.25) is 0 Å². The van der Waals surface area contributed by atoms with Crippen molar-refractivity contribution in [2.75, 3.05) is 7.11 Å². The molecule has 1 amide bonds. The molecule has 1 atom stereocenters. The van der Waals surface area contributed by atoms with Gasteiger partial charge < -0.3 is 24.3 Å². The number of ketones is 1. The van der Waals surface area contributed by atoms with Crippen molar-refractivity contribution in [3.63, 3.8) is 0 Å². The van der Waals surface area contributed by atoms with E-state index < -0.39 is 29.3 Å². The molecule has 7 nitrogen and oxygen atoms in total. The predicted molar refractivity (Wildman–Crippen MR) is 113 cm³/mol. The number of carbonyl (C=O) groups is 2. The van der Waals surface area contributed by atoms with Crippen LogP contribution in [0.15, 0.2) is 64.8 Å². The van der Waals surface area contributed by atoms with E-state index in [4.69, 9.17) is 20.8 Å². The van der Waals surface area contributed by atoms with Gasteiger partial charge in [-0.3, -0.25) is 9.59 Å². The Labute approximate surface area is 186 Å². The number of hydrogen-bond acceptors (Lipinski definition) is 6. The van der Waals surface area contributed by atoms with Crippen molar-refractivity contribution in [2.24, 2.45) is 0 Å². The Morgan fingerprint density at radius 3 is 2.66 bits per heavy atom. The Kier molecular flexibility index (Phi) is 5.63.